The number of piperazine rings is 1. The number of likely N-dealkylation sites (tertiary alicyclic amines) is 1. The van der Waals surface area contributed by atoms with Crippen LogP contribution in [0.3, 0.4) is 0 Å². The number of hydrogen-bond acceptors (Lipinski definition) is 5. The van der Waals surface area contributed by atoms with Crippen LogP contribution in [-0.2, 0) is 6.54 Å². The van der Waals surface area contributed by atoms with E-state index < -0.39 is 0 Å². The van der Waals surface area contributed by atoms with Crippen molar-refractivity contribution in [3.63, 3.8) is 0 Å². The molecule has 0 saturated carbocycles. The largest absolute Gasteiger partial charge is 0.454 e. The van der Waals surface area contributed by atoms with E-state index in [4.69, 9.17) is 14.5 Å². The number of hydrogen-bond donors (Lipinski definition) is 1. The highest BCUT2D eigenvalue weighted by Gasteiger charge is 2.24. The third-order valence-electron chi connectivity index (χ3n) is 6.63. The molecule has 180 valence electrons. The van der Waals surface area contributed by atoms with Gasteiger partial charge in [-0.1, -0.05) is 6.07 Å². The maximum Gasteiger partial charge on any atom is 0.231 e. The lowest BCUT2D eigenvalue weighted by molar-refractivity contribution is 0.142. The predicted octanol–water partition coefficient (Wildman–Crippen LogP) is 3.24. The van der Waals surface area contributed by atoms with Crippen molar-refractivity contribution >= 4 is 29.9 Å². The molecular formula is C24H40IN5O2. The minimum absolute atomic E-state index is 0. The molecule has 1 aromatic rings. The fourth-order valence-electron chi connectivity index (χ4n) is 4.77. The predicted molar refractivity (Wildman–Crippen MR) is 140 cm³/mol. The van der Waals surface area contributed by atoms with Gasteiger partial charge in [-0.3, -0.25) is 9.89 Å². The van der Waals surface area contributed by atoms with E-state index in [1.165, 1.54) is 31.5 Å². The number of piperidine rings is 1. The molecule has 8 heteroatoms. The summed E-state index contributed by atoms with van der Waals surface area (Å²) in [6.07, 6.45) is 2.60. The summed E-state index contributed by atoms with van der Waals surface area (Å²) in [6.45, 7) is 16.4. The van der Waals surface area contributed by atoms with Gasteiger partial charge in [0.2, 0.25) is 6.79 Å². The van der Waals surface area contributed by atoms with Crippen molar-refractivity contribution in [2.45, 2.75) is 46.2 Å². The van der Waals surface area contributed by atoms with Crippen LogP contribution in [0.15, 0.2) is 23.2 Å². The average molecular weight is 558 g/mol. The third kappa shape index (κ3) is 6.63. The van der Waals surface area contributed by atoms with E-state index >= 15 is 0 Å². The summed E-state index contributed by atoms with van der Waals surface area (Å²) in [6, 6.07) is 6.93. The number of ether oxygens (including phenoxy) is 2. The van der Waals surface area contributed by atoms with Crippen molar-refractivity contribution in [3.8, 4) is 11.5 Å². The monoisotopic (exact) mass is 557 g/mol. The van der Waals surface area contributed by atoms with E-state index in [1.807, 2.05) is 6.07 Å². The lowest BCUT2D eigenvalue weighted by atomic mass is 9.97. The average Bonchev–Trinajstić information content (AvgIpc) is 3.25. The van der Waals surface area contributed by atoms with Crippen molar-refractivity contribution in [2.24, 2.45) is 10.9 Å². The number of aliphatic imine (C=N–C) groups is 1. The molecular weight excluding hydrogens is 517 g/mol. The summed E-state index contributed by atoms with van der Waals surface area (Å²) in [5.74, 6) is 3.50. The summed E-state index contributed by atoms with van der Waals surface area (Å²) in [4.78, 5) is 12.6. The van der Waals surface area contributed by atoms with Gasteiger partial charge >= 0.3 is 0 Å². The fourth-order valence-corrected chi connectivity index (χ4v) is 4.77. The van der Waals surface area contributed by atoms with Gasteiger partial charge in [0.15, 0.2) is 17.5 Å². The summed E-state index contributed by atoms with van der Waals surface area (Å²) >= 11 is 0. The summed E-state index contributed by atoms with van der Waals surface area (Å²) in [7, 11) is 0. The van der Waals surface area contributed by atoms with Gasteiger partial charge in [-0.25, -0.2) is 0 Å². The smallest absolute Gasteiger partial charge is 0.231 e. The Morgan fingerprint density at radius 2 is 1.91 bits per heavy atom. The van der Waals surface area contributed by atoms with E-state index in [0.29, 0.717) is 18.8 Å². The van der Waals surface area contributed by atoms with Crippen LogP contribution in [0.4, 0.5) is 0 Å². The molecule has 0 amide bonds. The lowest BCUT2D eigenvalue weighted by Crippen LogP contribution is -2.52. The van der Waals surface area contributed by atoms with Gasteiger partial charge in [-0.2, -0.15) is 0 Å². The Kier molecular flexibility index (Phi) is 9.73. The van der Waals surface area contributed by atoms with E-state index in [2.05, 4.69) is 52.9 Å². The van der Waals surface area contributed by atoms with Gasteiger partial charge in [0.1, 0.15) is 0 Å². The first kappa shape index (κ1) is 25.4. The molecule has 3 heterocycles. The molecule has 2 fully saturated rings. The number of halogens is 1. The molecule has 1 unspecified atom stereocenters. The van der Waals surface area contributed by atoms with Crippen LogP contribution < -0.4 is 14.8 Å². The Bertz CT molecular complexity index is 752. The second-order valence-corrected chi connectivity index (χ2v) is 9.24. The Hall–Kier alpha value is -1.26. The SMILES string of the molecule is CCNC(=NCC1CCCN(C(C)C)C1)N1CCN(Cc2ccc3c(c2)OCO3)CC1.I. The molecule has 32 heavy (non-hydrogen) atoms. The highest BCUT2D eigenvalue weighted by Crippen LogP contribution is 2.32. The maximum absolute atomic E-state index is 5.52. The summed E-state index contributed by atoms with van der Waals surface area (Å²) in [5, 5.41) is 3.53. The van der Waals surface area contributed by atoms with Crippen molar-refractivity contribution in [2.75, 3.05) is 59.2 Å². The van der Waals surface area contributed by atoms with Gasteiger partial charge < -0.3 is 24.6 Å². The van der Waals surface area contributed by atoms with Crippen LogP contribution in [0.5, 0.6) is 11.5 Å². The number of fused-ring (bicyclic) bond motifs is 1. The highest BCUT2D eigenvalue weighted by atomic mass is 127. The first-order chi connectivity index (χ1) is 15.1. The molecule has 1 N–H and O–H groups in total. The number of guanidine groups is 1. The molecule has 0 aliphatic carbocycles. The molecule has 2 saturated heterocycles. The van der Waals surface area contributed by atoms with Crippen LogP contribution in [0.1, 0.15) is 39.2 Å². The standard InChI is InChI=1S/C24H39N5O2.HI/c1-4-25-24(26-15-21-6-5-9-29(17-21)19(2)3)28-12-10-27(11-13-28)16-20-7-8-22-23(14-20)31-18-30-22;/h7-8,14,19,21H,4-6,9-13,15-18H2,1-3H3,(H,25,26);1H. The Labute approximate surface area is 210 Å². The quantitative estimate of drug-likeness (QED) is 0.330. The third-order valence-corrected chi connectivity index (χ3v) is 6.63. The number of nitrogens with one attached hydrogen (secondary N) is 1. The van der Waals surface area contributed by atoms with Crippen molar-refractivity contribution in [1.29, 1.82) is 0 Å². The van der Waals surface area contributed by atoms with Crippen LogP contribution >= 0.6 is 24.0 Å². The van der Waals surface area contributed by atoms with Crippen molar-refractivity contribution in [3.05, 3.63) is 23.8 Å². The fraction of sp³-hybridized carbons (Fsp3) is 0.708. The highest BCUT2D eigenvalue weighted by molar-refractivity contribution is 14.0. The number of nitrogens with zero attached hydrogens (tertiary/aromatic N) is 4. The first-order valence-corrected chi connectivity index (χ1v) is 12.0. The van der Waals surface area contributed by atoms with Crippen LogP contribution in [-0.4, -0.2) is 85.9 Å². The summed E-state index contributed by atoms with van der Waals surface area (Å²) in [5.41, 5.74) is 1.28. The number of rotatable bonds is 6. The minimum atomic E-state index is 0. The Morgan fingerprint density at radius 3 is 2.66 bits per heavy atom. The lowest BCUT2D eigenvalue weighted by Gasteiger charge is -2.37. The van der Waals surface area contributed by atoms with Crippen LogP contribution in [0.2, 0.25) is 0 Å². The van der Waals surface area contributed by atoms with E-state index in [-0.39, 0.29) is 24.0 Å². The zero-order chi connectivity index (χ0) is 21.6. The van der Waals surface area contributed by atoms with Gasteiger partial charge in [-0.05, 0) is 63.8 Å². The zero-order valence-electron chi connectivity index (χ0n) is 19.9. The van der Waals surface area contributed by atoms with Crippen molar-refractivity contribution < 1.29 is 9.47 Å². The topological polar surface area (TPSA) is 52.6 Å². The molecule has 1 atom stereocenters. The maximum atomic E-state index is 5.52. The first-order valence-electron chi connectivity index (χ1n) is 12.0. The van der Waals surface area contributed by atoms with Crippen LogP contribution in [0.25, 0.3) is 0 Å². The molecule has 3 aliphatic rings. The molecule has 0 bridgehead atoms. The second-order valence-electron chi connectivity index (χ2n) is 9.24. The van der Waals surface area contributed by atoms with E-state index in [0.717, 1.165) is 63.3 Å². The molecule has 0 radical (unpaired) electrons. The molecule has 0 aromatic heterocycles. The van der Waals surface area contributed by atoms with E-state index in [1.54, 1.807) is 0 Å². The van der Waals surface area contributed by atoms with Gasteiger partial charge in [0.05, 0.1) is 0 Å². The van der Waals surface area contributed by atoms with Gasteiger partial charge in [0, 0.05) is 58.4 Å². The molecule has 0 spiro atoms. The zero-order valence-corrected chi connectivity index (χ0v) is 22.2. The number of benzene rings is 1. The normalized spacial score (nSPS) is 22.2. The van der Waals surface area contributed by atoms with Crippen molar-refractivity contribution in [1.82, 2.24) is 20.0 Å². The Morgan fingerprint density at radius 1 is 1.12 bits per heavy atom. The van der Waals surface area contributed by atoms with Gasteiger partial charge in [-0.15, -0.1) is 24.0 Å². The molecule has 3 aliphatic heterocycles. The molecule has 7 nitrogen and oxygen atoms in total. The summed E-state index contributed by atoms with van der Waals surface area (Å²) < 4.78 is 10.9. The molecule has 4 rings (SSSR count). The van der Waals surface area contributed by atoms with Crippen LogP contribution in [0, 0.1) is 5.92 Å². The Balaban J connectivity index is 0.00000289. The minimum Gasteiger partial charge on any atom is -0.454 e. The second kappa shape index (κ2) is 12.3. The van der Waals surface area contributed by atoms with E-state index in [9.17, 15) is 0 Å². The molecule has 1 aromatic carbocycles. The van der Waals surface area contributed by atoms with Gasteiger partial charge in [0.25, 0.3) is 0 Å².